The van der Waals surface area contributed by atoms with E-state index in [1.54, 1.807) is 7.05 Å². The van der Waals surface area contributed by atoms with Crippen LogP contribution in [-0.4, -0.2) is 43.4 Å². The number of carbonyl (C=O) groups is 2. The highest BCUT2D eigenvalue weighted by molar-refractivity contribution is 5.88. The fourth-order valence-electron chi connectivity index (χ4n) is 1.94. The van der Waals surface area contributed by atoms with Crippen LogP contribution in [-0.2, 0) is 9.59 Å². The highest BCUT2D eigenvalue weighted by atomic mass is 16.2. The summed E-state index contributed by atoms with van der Waals surface area (Å²) in [6.07, 6.45) is 0.874. The SMILES string of the molecule is CCCNC(=O)CN(C)C(=O)C(CN)c1ccccc1. The molecule has 1 aromatic carbocycles. The average molecular weight is 277 g/mol. The number of nitrogens with two attached hydrogens (primary N) is 1. The fraction of sp³-hybridized carbons (Fsp3) is 0.467. The van der Waals surface area contributed by atoms with Gasteiger partial charge in [0.25, 0.3) is 0 Å². The highest BCUT2D eigenvalue weighted by Gasteiger charge is 2.23. The zero-order valence-corrected chi connectivity index (χ0v) is 12.1. The Bertz CT molecular complexity index is 434. The molecule has 0 heterocycles. The van der Waals surface area contributed by atoms with Crippen molar-refractivity contribution >= 4 is 11.8 Å². The molecule has 0 bridgehead atoms. The number of carbonyl (C=O) groups excluding carboxylic acids is 2. The molecule has 20 heavy (non-hydrogen) atoms. The Balaban J connectivity index is 2.64. The molecule has 0 spiro atoms. The minimum Gasteiger partial charge on any atom is -0.355 e. The van der Waals surface area contributed by atoms with Crippen molar-refractivity contribution in [1.82, 2.24) is 10.2 Å². The summed E-state index contributed by atoms with van der Waals surface area (Å²) in [5.74, 6) is -0.683. The van der Waals surface area contributed by atoms with Gasteiger partial charge in [0.05, 0.1) is 12.5 Å². The van der Waals surface area contributed by atoms with Crippen LogP contribution >= 0.6 is 0 Å². The van der Waals surface area contributed by atoms with E-state index in [9.17, 15) is 9.59 Å². The third-order valence-corrected chi connectivity index (χ3v) is 3.06. The summed E-state index contributed by atoms with van der Waals surface area (Å²) in [4.78, 5) is 25.4. The van der Waals surface area contributed by atoms with Gasteiger partial charge in [-0.25, -0.2) is 0 Å². The molecule has 0 saturated heterocycles. The van der Waals surface area contributed by atoms with Gasteiger partial charge in [-0.05, 0) is 12.0 Å². The van der Waals surface area contributed by atoms with Crippen LogP contribution in [0.5, 0.6) is 0 Å². The third-order valence-electron chi connectivity index (χ3n) is 3.06. The number of rotatable bonds is 7. The zero-order valence-electron chi connectivity index (χ0n) is 12.1. The molecule has 5 nitrogen and oxygen atoms in total. The number of nitrogens with zero attached hydrogens (tertiary/aromatic N) is 1. The predicted molar refractivity (Wildman–Crippen MR) is 79.2 cm³/mol. The van der Waals surface area contributed by atoms with Gasteiger partial charge >= 0.3 is 0 Å². The second-order valence-corrected chi connectivity index (χ2v) is 4.74. The van der Waals surface area contributed by atoms with E-state index in [0.29, 0.717) is 6.54 Å². The maximum Gasteiger partial charge on any atom is 0.239 e. The number of benzene rings is 1. The molecule has 5 heteroatoms. The van der Waals surface area contributed by atoms with Gasteiger partial charge in [0.2, 0.25) is 11.8 Å². The summed E-state index contributed by atoms with van der Waals surface area (Å²) in [6.45, 7) is 2.89. The minimum absolute atomic E-state index is 0.0577. The molecule has 2 amide bonds. The summed E-state index contributed by atoms with van der Waals surface area (Å²) in [5, 5.41) is 2.75. The largest absolute Gasteiger partial charge is 0.355 e. The molecular weight excluding hydrogens is 254 g/mol. The van der Waals surface area contributed by atoms with Gasteiger partial charge in [-0.15, -0.1) is 0 Å². The van der Waals surface area contributed by atoms with Crippen LogP contribution in [0.4, 0.5) is 0 Å². The molecule has 1 atom stereocenters. The highest BCUT2D eigenvalue weighted by Crippen LogP contribution is 2.16. The summed E-state index contributed by atoms with van der Waals surface area (Å²) in [5.41, 5.74) is 6.58. The summed E-state index contributed by atoms with van der Waals surface area (Å²) < 4.78 is 0. The first kappa shape index (κ1) is 16.2. The van der Waals surface area contributed by atoms with Crippen LogP contribution in [0.2, 0.25) is 0 Å². The summed E-state index contributed by atoms with van der Waals surface area (Å²) in [7, 11) is 1.62. The number of likely N-dealkylation sites (N-methyl/N-ethyl adjacent to an activating group) is 1. The molecule has 0 aliphatic carbocycles. The molecule has 3 N–H and O–H groups in total. The number of hydrogen-bond acceptors (Lipinski definition) is 3. The molecule has 1 aromatic rings. The van der Waals surface area contributed by atoms with E-state index < -0.39 is 5.92 Å². The van der Waals surface area contributed by atoms with E-state index in [1.165, 1.54) is 4.90 Å². The smallest absolute Gasteiger partial charge is 0.239 e. The molecule has 0 aliphatic rings. The molecule has 0 aliphatic heterocycles. The van der Waals surface area contributed by atoms with Gasteiger partial charge in [0.1, 0.15) is 0 Å². The van der Waals surface area contributed by atoms with Gasteiger partial charge in [0.15, 0.2) is 0 Å². The standard InChI is InChI=1S/C15H23N3O2/c1-3-9-17-14(19)11-18(2)15(20)13(10-16)12-7-5-4-6-8-12/h4-8,13H,3,9-11,16H2,1-2H3,(H,17,19). The molecule has 0 radical (unpaired) electrons. The molecule has 1 rings (SSSR count). The van der Waals surface area contributed by atoms with Gasteiger partial charge in [-0.2, -0.15) is 0 Å². The molecule has 1 unspecified atom stereocenters. The van der Waals surface area contributed by atoms with Crippen molar-refractivity contribution in [2.75, 3.05) is 26.7 Å². The van der Waals surface area contributed by atoms with E-state index in [-0.39, 0.29) is 24.9 Å². The Morgan fingerprint density at radius 1 is 1.30 bits per heavy atom. The summed E-state index contributed by atoms with van der Waals surface area (Å²) >= 11 is 0. The molecule has 110 valence electrons. The second kappa shape index (κ2) is 8.32. The van der Waals surface area contributed by atoms with E-state index in [4.69, 9.17) is 5.73 Å². The minimum atomic E-state index is -0.403. The Hall–Kier alpha value is -1.88. The van der Waals surface area contributed by atoms with Crippen molar-refractivity contribution in [1.29, 1.82) is 0 Å². The molecule has 0 fully saturated rings. The topological polar surface area (TPSA) is 75.4 Å². The van der Waals surface area contributed by atoms with Crippen molar-refractivity contribution in [2.45, 2.75) is 19.3 Å². The third kappa shape index (κ3) is 4.66. The lowest BCUT2D eigenvalue weighted by molar-refractivity contribution is -0.135. The fourth-order valence-corrected chi connectivity index (χ4v) is 1.94. The number of nitrogens with one attached hydrogen (secondary N) is 1. The van der Waals surface area contributed by atoms with E-state index in [0.717, 1.165) is 12.0 Å². The van der Waals surface area contributed by atoms with Crippen molar-refractivity contribution in [2.24, 2.45) is 5.73 Å². The second-order valence-electron chi connectivity index (χ2n) is 4.74. The first-order valence-electron chi connectivity index (χ1n) is 6.86. The Kier molecular flexibility index (Phi) is 6.73. The maximum absolute atomic E-state index is 12.3. The van der Waals surface area contributed by atoms with Crippen LogP contribution < -0.4 is 11.1 Å². The Morgan fingerprint density at radius 3 is 2.50 bits per heavy atom. The van der Waals surface area contributed by atoms with Gasteiger partial charge in [0, 0.05) is 20.1 Å². The van der Waals surface area contributed by atoms with Crippen molar-refractivity contribution in [3.8, 4) is 0 Å². The van der Waals surface area contributed by atoms with Gasteiger partial charge < -0.3 is 16.0 Å². The van der Waals surface area contributed by atoms with Crippen LogP contribution in [0, 0.1) is 0 Å². The molecule has 0 aromatic heterocycles. The zero-order chi connectivity index (χ0) is 15.0. The van der Waals surface area contributed by atoms with Gasteiger partial charge in [-0.3, -0.25) is 9.59 Å². The lowest BCUT2D eigenvalue weighted by Gasteiger charge is -2.22. The summed E-state index contributed by atoms with van der Waals surface area (Å²) in [6, 6.07) is 9.39. The van der Waals surface area contributed by atoms with E-state index >= 15 is 0 Å². The lowest BCUT2D eigenvalue weighted by atomic mass is 9.98. The number of hydrogen-bond donors (Lipinski definition) is 2. The monoisotopic (exact) mass is 277 g/mol. The predicted octanol–water partition coefficient (Wildman–Crippen LogP) is 0.714. The van der Waals surface area contributed by atoms with Crippen LogP contribution in [0.15, 0.2) is 30.3 Å². The van der Waals surface area contributed by atoms with Crippen molar-refractivity contribution < 1.29 is 9.59 Å². The van der Waals surface area contributed by atoms with Crippen LogP contribution in [0.25, 0.3) is 0 Å². The lowest BCUT2D eigenvalue weighted by Crippen LogP contribution is -2.42. The Morgan fingerprint density at radius 2 is 1.95 bits per heavy atom. The van der Waals surface area contributed by atoms with Crippen LogP contribution in [0.1, 0.15) is 24.8 Å². The normalized spacial score (nSPS) is 11.8. The molecular formula is C15H23N3O2. The maximum atomic E-state index is 12.3. The van der Waals surface area contributed by atoms with Gasteiger partial charge in [-0.1, -0.05) is 37.3 Å². The average Bonchev–Trinajstić information content (AvgIpc) is 2.46. The van der Waals surface area contributed by atoms with E-state index in [2.05, 4.69) is 5.32 Å². The first-order valence-corrected chi connectivity index (χ1v) is 6.86. The van der Waals surface area contributed by atoms with E-state index in [1.807, 2.05) is 37.3 Å². The van der Waals surface area contributed by atoms with Crippen molar-refractivity contribution in [3.05, 3.63) is 35.9 Å². The first-order chi connectivity index (χ1) is 9.60. The number of amides is 2. The quantitative estimate of drug-likeness (QED) is 0.771. The van der Waals surface area contributed by atoms with Crippen LogP contribution in [0.3, 0.4) is 0 Å². The van der Waals surface area contributed by atoms with Crippen molar-refractivity contribution in [3.63, 3.8) is 0 Å². The Labute approximate surface area is 120 Å². The molecule has 0 saturated carbocycles.